The van der Waals surface area contributed by atoms with Crippen LogP contribution in [0.3, 0.4) is 0 Å². The smallest absolute Gasteiger partial charge is 0.0863 e. The van der Waals surface area contributed by atoms with Gasteiger partial charge in [0.2, 0.25) is 0 Å². The van der Waals surface area contributed by atoms with Gasteiger partial charge in [-0.3, -0.25) is 0 Å². The molecule has 0 amide bonds. The number of hydrogen-bond acceptors (Lipinski definition) is 3. The van der Waals surface area contributed by atoms with Gasteiger partial charge in [0, 0.05) is 0 Å². The molecule has 0 spiro atoms. The van der Waals surface area contributed by atoms with E-state index in [9.17, 15) is 10.2 Å². The third-order valence-corrected chi connectivity index (χ3v) is 3.28. The van der Waals surface area contributed by atoms with Crippen molar-refractivity contribution >= 4 is 0 Å². The molecule has 0 saturated heterocycles. The van der Waals surface area contributed by atoms with Crippen LogP contribution in [-0.2, 0) is 18.0 Å². The third-order valence-electron chi connectivity index (χ3n) is 3.28. The van der Waals surface area contributed by atoms with Crippen LogP contribution in [0.25, 0.3) is 0 Å². The van der Waals surface area contributed by atoms with Gasteiger partial charge in [-0.2, -0.15) is 0 Å². The summed E-state index contributed by atoms with van der Waals surface area (Å²) in [6, 6.07) is 7.69. The van der Waals surface area contributed by atoms with E-state index in [-0.39, 0.29) is 12.7 Å². The van der Waals surface area contributed by atoms with E-state index in [1.54, 1.807) is 6.92 Å². The van der Waals surface area contributed by atoms with Crippen molar-refractivity contribution in [3.63, 3.8) is 0 Å². The van der Waals surface area contributed by atoms with Gasteiger partial charge < -0.3 is 14.9 Å². The zero-order valence-electron chi connectivity index (χ0n) is 10.2. The van der Waals surface area contributed by atoms with E-state index >= 15 is 0 Å². The quantitative estimate of drug-likeness (QED) is 0.792. The average molecular weight is 236 g/mol. The molecule has 0 heterocycles. The Labute approximate surface area is 102 Å². The van der Waals surface area contributed by atoms with E-state index in [4.69, 9.17) is 4.74 Å². The van der Waals surface area contributed by atoms with E-state index in [1.165, 1.54) is 0 Å². The third kappa shape index (κ3) is 3.28. The molecule has 1 fully saturated rings. The number of rotatable bonds is 6. The number of hydrogen-bond donors (Lipinski definition) is 2. The molecule has 2 rings (SSSR count). The van der Waals surface area contributed by atoms with E-state index in [1.807, 2.05) is 24.3 Å². The first-order valence-corrected chi connectivity index (χ1v) is 6.19. The molecule has 17 heavy (non-hydrogen) atoms. The first kappa shape index (κ1) is 12.6. The van der Waals surface area contributed by atoms with Crippen molar-refractivity contribution in [2.24, 2.45) is 5.92 Å². The fraction of sp³-hybridized carbons (Fsp3) is 0.571. The molecule has 0 radical (unpaired) electrons. The minimum Gasteiger partial charge on any atom is -0.392 e. The Morgan fingerprint density at radius 2 is 1.94 bits per heavy atom. The second kappa shape index (κ2) is 5.63. The SMILES string of the molecule is CC(O)[C@H](OCc1ccccc1CO)C1CC1. The van der Waals surface area contributed by atoms with Crippen molar-refractivity contribution in [1.29, 1.82) is 0 Å². The van der Waals surface area contributed by atoms with Crippen LogP contribution in [0.5, 0.6) is 0 Å². The largest absolute Gasteiger partial charge is 0.392 e. The number of benzene rings is 1. The Morgan fingerprint density at radius 3 is 2.47 bits per heavy atom. The van der Waals surface area contributed by atoms with Gasteiger partial charge in [0.15, 0.2) is 0 Å². The van der Waals surface area contributed by atoms with Gasteiger partial charge in [0.1, 0.15) is 0 Å². The maximum absolute atomic E-state index is 9.65. The van der Waals surface area contributed by atoms with Crippen molar-refractivity contribution in [2.75, 3.05) is 0 Å². The van der Waals surface area contributed by atoms with Crippen molar-refractivity contribution in [1.82, 2.24) is 0 Å². The Balaban J connectivity index is 1.96. The number of ether oxygens (including phenoxy) is 1. The molecule has 0 aromatic heterocycles. The van der Waals surface area contributed by atoms with Gasteiger partial charge in [-0.15, -0.1) is 0 Å². The summed E-state index contributed by atoms with van der Waals surface area (Å²) in [5.74, 6) is 0.510. The molecule has 2 atom stereocenters. The summed E-state index contributed by atoms with van der Waals surface area (Å²) in [5.41, 5.74) is 1.90. The molecule has 1 unspecified atom stereocenters. The molecule has 1 aliphatic rings. The summed E-state index contributed by atoms with van der Waals surface area (Å²) in [5, 5.41) is 18.9. The summed E-state index contributed by atoms with van der Waals surface area (Å²) in [7, 11) is 0. The van der Waals surface area contributed by atoms with Crippen LogP contribution in [-0.4, -0.2) is 22.4 Å². The second-order valence-electron chi connectivity index (χ2n) is 4.78. The first-order valence-electron chi connectivity index (χ1n) is 6.19. The van der Waals surface area contributed by atoms with E-state index in [0.717, 1.165) is 24.0 Å². The summed E-state index contributed by atoms with van der Waals surface area (Å²) in [6.45, 7) is 2.27. The second-order valence-corrected chi connectivity index (χ2v) is 4.78. The van der Waals surface area contributed by atoms with Crippen molar-refractivity contribution in [3.8, 4) is 0 Å². The topological polar surface area (TPSA) is 49.7 Å². The molecule has 1 saturated carbocycles. The van der Waals surface area contributed by atoms with Gasteiger partial charge in [-0.1, -0.05) is 24.3 Å². The van der Waals surface area contributed by atoms with Crippen LogP contribution in [0.15, 0.2) is 24.3 Å². The maximum Gasteiger partial charge on any atom is 0.0863 e. The number of aliphatic hydroxyl groups excluding tert-OH is 2. The van der Waals surface area contributed by atoms with Crippen LogP contribution in [0, 0.1) is 5.92 Å². The molecule has 3 nitrogen and oxygen atoms in total. The lowest BCUT2D eigenvalue weighted by Crippen LogP contribution is -2.28. The van der Waals surface area contributed by atoms with Crippen LogP contribution in [0.1, 0.15) is 30.9 Å². The highest BCUT2D eigenvalue weighted by Crippen LogP contribution is 2.36. The molecule has 94 valence electrons. The number of aliphatic hydroxyl groups is 2. The normalized spacial score (nSPS) is 19.0. The summed E-state index contributed by atoms with van der Waals surface area (Å²) in [4.78, 5) is 0. The highest BCUT2D eigenvalue weighted by molar-refractivity contribution is 5.25. The molecule has 1 aromatic carbocycles. The summed E-state index contributed by atoms with van der Waals surface area (Å²) >= 11 is 0. The molecular weight excluding hydrogens is 216 g/mol. The molecule has 1 aliphatic carbocycles. The Morgan fingerprint density at radius 1 is 1.29 bits per heavy atom. The zero-order chi connectivity index (χ0) is 12.3. The van der Waals surface area contributed by atoms with Gasteiger partial charge in [-0.25, -0.2) is 0 Å². The van der Waals surface area contributed by atoms with Crippen molar-refractivity contribution in [2.45, 2.75) is 45.2 Å². The summed E-state index contributed by atoms with van der Waals surface area (Å²) in [6.07, 6.45) is 1.81. The lowest BCUT2D eigenvalue weighted by molar-refractivity contribution is -0.0503. The fourth-order valence-corrected chi connectivity index (χ4v) is 2.13. The first-order chi connectivity index (χ1) is 8.22. The molecule has 0 bridgehead atoms. The minimum atomic E-state index is -0.427. The lowest BCUT2D eigenvalue weighted by Gasteiger charge is -2.21. The van der Waals surface area contributed by atoms with Crippen LogP contribution in [0.4, 0.5) is 0 Å². The molecule has 3 heteroatoms. The standard InChI is InChI=1S/C14H20O3/c1-10(16)14(11-6-7-11)17-9-13-5-3-2-4-12(13)8-15/h2-5,10-11,14-16H,6-9H2,1H3/t10?,14-/m0/s1. The Kier molecular flexibility index (Phi) is 4.15. The summed E-state index contributed by atoms with van der Waals surface area (Å²) < 4.78 is 5.79. The van der Waals surface area contributed by atoms with Gasteiger partial charge in [0.05, 0.1) is 25.4 Å². The predicted molar refractivity (Wildman–Crippen MR) is 65.3 cm³/mol. The Hall–Kier alpha value is -0.900. The van der Waals surface area contributed by atoms with Crippen molar-refractivity contribution in [3.05, 3.63) is 35.4 Å². The highest BCUT2D eigenvalue weighted by Gasteiger charge is 2.35. The predicted octanol–water partition coefficient (Wildman–Crippen LogP) is 1.85. The maximum atomic E-state index is 9.65. The van der Waals surface area contributed by atoms with Crippen molar-refractivity contribution < 1.29 is 14.9 Å². The highest BCUT2D eigenvalue weighted by atomic mass is 16.5. The average Bonchev–Trinajstić information content (AvgIpc) is 3.14. The van der Waals surface area contributed by atoms with E-state index < -0.39 is 6.10 Å². The Bertz CT molecular complexity index is 356. The minimum absolute atomic E-state index is 0.0301. The zero-order valence-corrected chi connectivity index (χ0v) is 10.2. The van der Waals surface area contributed by atoms with E-state index in [2.05, 4.69) is 0 Å². The van der Waals surface area contributed by atoms with Gasteiger partial charge in [0.25, 0.3) is 0 Å². The van der Waals surface area contributed by atoms with Crippen LogP contribution >= 0.6 is 0 Å². The fourth-order valence-electron chi connectivity index (χ4n) is 2.13. The monoisotopic (exact) mass is 236 g/mol. The van der Waals surface area contributed by atoms with E-state index in [0.29, 0.717) is 12.5 Å². The van der Waals surface area contributed by atoms with Gasteiger partial charge >= 0.3 is 0 Å². The molecule has 1 aromatic rings. The lowest BCUT2D eigenvalue weighted by atomic mass is 10.1. The molecule has 2 N–H and O–H groups in total. The van der Waals surface area contributed by atoms with Crippen LogP contribution in [0.2, 0.25) is 0 Å². The molecular formula is C14H20O3. The van der Waals surface area contributed by atoms with Gasteiger partial charge in [-0.05, 0) is 36.8 Å². The molecule has 0 aliphatic heterocycles. The van der Waals surface area contributed by atoms with Crippen LogP contribution < -0.4 is 0 Å².